The number of carbonyl (C=O) groups excluding carboxylic acids is 1. The van der Waals surface area contributed by atoms with Crippen LogP contribution in [0.2, 0.25) is 0 Å². The van der Waals surface area contributed by atoms with Crippen molar-refractivity contribution in [3.63, 3.8) is 0 Å². The minimum atomic E-state index is -0.369. The van der Waals surface area contributed by atoms with Crippen LogP contribution < -0.4 is 11.5 Å². The molecule has 0 aliphatic carbocycles. The van der Waals surface area contributed by atoms with Gasteiger partial charge in [-0.1, -0.05) is 13.0 Å². The summed E-state index contributed by atoms with van der Waals surface area (Å²) < 4.78 is 0. The molecular weight excluding hydrogens is 142 g/mol. The van der Waals surface area contributed by atoms with Crippen molar-refractivity contribution in [2.45, 2.75) is 20.3 Å². The number of amides is 1. The highest BCUT2D eigenvalue weighted by Gasteiger charge is 2.00. The summed E-state index contributed by atoms with van der Waals surface area (Å²) in [6.45, 7) is 3.62. The molecule has 0 aromatic carbocycles. The second-order valence-electron chi connectivity index (χ2n) is 2.14. The average Bonchev–Trinajstić information content (AvgIpc) is 1.86. The smallest absolute Gasteiger partial charge is 0.275 e. The summed E-state index contributed by atoms with van der Waals surface area (Å²) in [7, 11) is 0. The molecule has 0 aromatic rings. The number of hydrogen-bond acceptors (Lipinski definition) is 1. The highest BCUT2D eigenvalue weighted by atomic mass is 16.1. The van der Waals surface area contributed by atoms with Crippen LogP contribution in [-0.4, -0.2) is 11.9 Å². The monoisotopic (exact) mass is 155 g/mol. The number of hydrogen-bond donors (Lipinski definition) is 2. The summed E-state index contributed by atoms with van der Waals surface area (Å²) in [5.41, 5.74) is 10.6. The van der Waals surface area contributed by atoms with E-state index in [1.54, 1.807) is 13.0 Å². The van der Waals surface area contributed by atoms with Gasteiger partial charge in [-0.15, -0.1) is 0 Å². The van der Waals surface area contributed by atoms with Crippen LogP contribution in [0.15, 0.2) is 16.6 Å². The normalized spacial score (nSPS) is 10.9. The van der Waals surface area contributed by atoms with Crippen molar-refractivity contribution in [2.24, 2.45) is 16.5 Å². The largest absolute Gasteiger partial charge is 0.370 e. The molecule has 0 spiro atoms. The average molecular weight is 155 g/mol. The van der Waals surface area contributed by atoms with Crippen molar-refractivity contribution in [1.29, 1.82) is 0 Å². The first kappa shape index (κ1) is 9.68. The molecule has 11 heavy (non-hydrogen) atoms. The van der Waals surface area contributed by atoms with Gasteiger partial charge in [-0.05, 0) is 13.3 Å². The summed E-state index contributed by atoms with van der Waals surface area (Å²) in [5.74, 6) is -0.564. The van der Waals surface area contributed by atoms with E-state index in [0.717, 1.165) is 6.42 Å². The minimum Gasteiger partial charge on any atom is -0.370 e. The third-order valence-corrected chi connectivity index (χ3v) is 1.08. The zero-order chi connectivity index (χ0) is 8.85. The lowest BCUT2D eigenvalue weighted by molar-refractivity contribution is -0.114. The van der Waals surface area contributed by atoms with Crippen molar-refractivity contribution in [2.75, 3.05) is 0 Å². The lowest BCUT2D eigenvalue weighted by Gasteiger charge is -1.93. The van der Waals surface area contributed by atoms with Gasteiger partial charge < -0.3 is 11.5 Å². The zero-order valence-corrected chi connectivity index (χ0v) is 6.79. The first-order valence-corrected chi connectivity index (χ1v) is 3.38. The molecule has 0 atom stereocenters. The number of carbonyl (C=O) groups is 1. The molecule has 0 aliphatic heterocycles. The highest BCUT2D eigenvalue weighted by molar-refractivity contribution is 6.00. The molecule has 0 aliphatic rings. The Morgan fingerprint density at radius 3 is 2.45 bits per heavy atom. The lowest BCUT2D eigenvalue weighted by Crippen LogP contribution is -2.24. The molecule has 0 aromatic heterocycles. The Kier molecular flexibility index (Phi) is 3.95. The van der Waals surface area contributed by atoms with Gasteiger partial charge in [0.2, 0.25) is 0 Å². The van der Waals surface area contributed by atoms with Crippen molar-refractivity contribution >= 4 is 11.9 Å². The summed E-state index contributed by atoms with van der Waals surface area (Å²) in [6.07, 6.45) is 2.58. The molecule has 4 N–H and O–H groups in total. The number of nitrogens with zero attached hydrogens (tertiary/aromatic N) is 1. The van der Waals surface area contributed by atoms with Crippen LogP contribution in [-0.2, 0) is 4.79 Å². The van der Waals surface area contributed by atoms with E-state index < -0.39 is 0 Å². The molecule has 0 rings (SSSR count). The zero-order valence-electron chi connectivity index (χ0n) is 6.79. The molecule has 0 radical (unpaired) electrons. The van der Waals surface area contributed by atoms with Crippen LogP contribution in [0.1, 0.15) is 20.3 Å². The minimum absolute atomic E-state index is 0.196. The van der Waals surface area contributed by atoms with E-state index >= 15 is 0 Å². The van der Waals surface area contributed by atoms with E-state index in [-0.39, 0.29) is 11.9 Å². The maximum atomic E-state index is 10.9. The van der Waals surface area contributed by atoms with Gasteiger partial charge >= 0.3 is 0 Å². The van der Waals surface area contributed by atoms with Crippen molar-refractivity contribution in [3.8, 4) is 0 Å². The maximum absolute atomic E-state index is 10.9. The van der Waals surface area contributed by atoms with E-state index in [4.69, 9.17) is 11.5 Å². The van der Waals surface area contributed by atoms with Crippen molar-refractivity contribution < 1.29 is 4.79 Å². The van der Waals surface area contributed by atoms with Gasteiger partial charge in [-0.25, -0.2) is 0 Å². The quantitative estimate of drug-likeness (QED) is 0.338. The molecule has 0 saturated carbocycles. The predicted octanol–water partition coefficient (Wildman–Crippen LogP) is 0.143. The Morgan fingerprint density at radius 1 is 1.55 bits per heavy atom. The van der Waals surface area contributed by atoms with Gasteiger partial charge in [0.05, 0.1) is 0 Å². The number of guanidine groups is 1. The van der Waals surface area contributed by atoms with E-state index in [1.807, 2.05) is 6.92 Å². The molecule has 0 saturated heterocycles. The summed E-state index contributed by atoms with van der Waals surface area (Å²) in [5, 5.41) is 0. The Labute approximate surface area is 66.0 Å². The third kappa shape index (κ3) is 4.13. The molecule has 1 amide bonds. The number of allylic oxidation sites excluding steroid dienone is 1. The fourth-order valence-electron chi connectivity index (χ4n) is 0.599. The van der Waals surface area contributed by atoms with Gasteiger partial charge in [0, 0.05) is 5.57 Å². The van der Waals surface area contributed by atoms with E-state index in [1.165, 1.54) is 0 Å². The lowest BCUT2D eigenvalue weighted by atomic mass is 10.2. The number of aliphatic imine (C=N–C) groups is 1. The van der Waals surface area contributed by atoms with E-state index in [9.17, 15) is 4.79 Å². The molecule has 4 heteroatoms. The summed E-state index contributed by atoms with van der Waals surface area (Å²) in [6, 6.07) is 0. The highest BCUT2D eigenvalue weighted by Crippen LogP contribution is 1.96. The first-order chi connectivity index (χ1) is 5.07. The van der Waals surface area contributed by atoms with E-state index in [0.29, 0.717) is 5.57 Å². The first-order valence-electron chi connectivity index (χ1n) is 3.38. The Bertz CT molecular complexity index is 202. The number of rotatable bonds is 2. The fourth-order valence-corrected chi connectivity index (χ4v) is 0.599. The van der Waals surface area contributed by atoms with Crippen LogP contribution in [0, 0.1) is 0 Å². The van der Waals surface area contributed by atoms with Gasteiger partial charge in [0.15, 0.2) is 5.96 Å². The van der Waals surface area contributed by atoms with Crippen LogP contribution in [0.3, 0.4) is 0 Å². The SMILES string of the molecule is CC/C=C(\C)C(=O)N=C(N)N. The van der Waals surface area contributed by atoms with Crippen molar-refractivity contribution in [1.82, 2.24) is 0 Å². The van der Waals surface area contributed by atoms with Crippen molar-refractivity contribution in [3.05, 3.63) is 11.6 Å². The van der Waals surface area contributed by atoms with Crippen LogP contribution in [0.5, 0.6) is 0 Å². The van der Waals surface area contributed by atoms with Crippen LogP contribution in [0.4, 0.5) is 0 Å². The van der Waals surface area contributed by atoms with Crippen LogP contribution >= 0.6 is 0 Å². The Balaban J connectivity index is 4.27. The maximum Gasteiger partial charge on any atom is 0.275 e. The van der Waals surface area contributed by atoms with Gasteiger partial charge in [-0.2, -0.15) is 4.99 Å². The molecule has 0 heterocycles. The molecule has 62 valence electrons. The topological polar surface area (TPSA) is 81.5 Å². The third-order valence-electron chi connectivity index (χ3n) is 1.08. The predicted molar refractivity (Wildman–Crippen MR) is 44.9 cm³/mol. The number of nitrogens with two attached hydrogens (primary N) is 2. The fraction of sp³-hybridized carbons (Fsp3) is 0.429. The summed E-state index contributed by atoms with van der Waals surface area (Å²) >= 11 is 0. The molecule has 0 fully saturated rings. The standard InChI is InChI=1S/C7H13N3O/c1-3-4-5(2)6(11)10-7(8)9/h4H,3H2,1-2H3,(H4,8,9,10,11)/b5-4+. The Hall–Kier alpha value is -1.32. The molecule has 0 unspecified atom stereocenters. The van der Waals surface area contributed by atoms with E-state index in [2.05, 4.69) is 4.99 Å². The van der Waals surface area contributed by atoms with Gasteiger partial charge in [0.1, 0.15) is 0 Å². The summed E-state index contributed by atoms with van der Waals surface area (Å²) in [4.78, 5) is 14.3. The van der Waals surface area contributed by atoms with Crippen LogP contribution in [0.25, 0.3) is 0 Å². The molecule has 4 nitrogen and oxygen atoms in total. The van der Waals surface area contributed by atoms with Gasteiger partial charge in [0.25, 0.3) is 5.91 Å². The van der Waals surface area contributed by atoms with Gasteiger partial charge in [-0.3, -0.25) is 4.79 Å². The second-order valence-corrected chi connectivity index (χ2v) is 2.14. The second kappa shape index (κ2) is 4.49. The Morgan fingerprint density at radius 2 is 2.09 bits per heavy atom. The molecule has 0 bridgehead atoms. The molecular formula is C7H13N3O.